The highest BCUT2D eigenvalue weighted by Gasteiger charge is 2.32. The SMILES string of the molecule is Cc1ccc(NC(=O)CCS(=O)(=O)c2ccc(Cl)cc2)cc1C(F)(F)F. The first-order valence-electron chi connectivity index (χ1n) is 7.45. The van der Waals surface area contributed by atoms with Crippen LogP contribution in [0, 0.1) is 6.92 Å². The third-order valence-corrected chi connectivity index (χ3v) is 5.58. The van der Waals surface area contributed by atoms with Gasteiger partial charge in [-0.05, 0) is 48.9 Å². The van der Waals surface area contributed by atoms with E-state index in [1.54, 1.807) is 0 Å². The molecule has 2 aromatic rings. The minimum absolute atomic E-state index is 0.0180. The number of aryl methyl sites for hydroxylation is 1. The van der Waals surface area contributed by atoms with Gasteiger partial charge in [-0.25, -0.2) is 8.42 Å². The molecule has 0 saturated heterocycles. The molecule has 0 unspecified atom stereocenters. The Morgan fingerprint density at radius 2 is 1.73 bits per heavy atom. The lowest BCUT2D eigenvalue weighted by Crippen LogP contribution is -2.18. The number of rotatable bonds is 5. The second-order valence-electron chi connectivity index (χ2n) is 5.60. The lowest BCUT2D eigenvalue weighted by molar-refractivity contribution is -0.138. The van der Waals surface area contributed by atoms with Crippen LogP contribution in [0.25, 0.3) is 0 Å². The summed E-state index contributed by atoms with van der Waals surface area (Å²) in [6.45, 7) is 1.31. The number of alkyl halides is 3. The van der Waals surface area contributed by atoms with Crippen molar-refractivity contribution >= 4 is 33.0 Å². The fraction of sp³-hybridized carbons (Fsp3) is 0.235. The third kappa shape index (κ3) is 5.22. The lowest BCUT2D eigenvalue weighted by Gasteiger charge is -2.13. The van der Waals surface area contributed by atoms with Crippen molar-refractivity contribution in [3.05, 3.63) is 58.6 Å². The van der Waals surface area contributed by atoms with Crippen molar-refractivity contribution in [1.82, 2.24) is 0 Å². The standard InChI is InChI=1S/C17H15ClF3NO3S/c1-11-2-5-13(10-15(11)17(19,20)21)22-16(23)8-9-26(24,25)14-6-3-12(18)4-7-14/h2-7,10H,8-9H2,1H3,(H,22,23). The van der Waals surface area contributed by atoms with Gasteiger partial charge in [0.15, 0.2) is 9.84 Å². The maximum Gasteiger partial charge on any atom is 0.416 e. The normalized spacial score (nSPS) is 12.0. The Hall–Kier alpha value is -2.06. The van der Waals surface area contributed by atoms with Gasteiger partial charge in [0, 0.05) is 17.1 Å². The molecule has 2 rings (SSSR count). The average Bonchev–Trinajstić information content (AvgIpc) is 2.54. The first kappa shape index (κ1) is 20.3. The minimum atomic E-state index is -4.54. The largest absolute Gasteiger partial charge is 0.416 e. The van der Waals surface area contributed by atoms with Crippen molar-refractivity contribution in [1.29, 1.82) is 0 Å². The highest BCUT2D eigenvalue weighted by Crippen LogP contribution is 2.33. The number of hydrogen-bond donors (Lipinski definition) is 1. The Kier molecular flexibility index (Phi) is 5.98. The molecule has 1 N–H and O–H groups in total. The molecule has 0 fully saturated rings. The first-order valence-corrected chi connectivity index (χ1v) is 9.48. The molecule has 9 heteroatoms. The number of nitrogens with one attached hydrogen (secondary N) is 1. The number of benzene rings is 2. The van der Waals surface area contributed by atoms with Crippen LogP contribution in [0.5, 0.6) is 0 Å². The number of amides is 1. The monoisotopic (exact) mass is 405 g/mol. The molecule has 2 aromatic carbocycles. The van der Waals surface area contributed by atoms with E-state index in [2.05, 4.69) is 5.32 Å². The third-order valence-electron chi connectivity index (χ3n) is 3.60. The second kappa shape index (κ2) is 7.67. The van der Waals surface area contributed by atoms with Crippen molar-refractivity contribution in [2.75, 3.05) is 11.1 Å². The fourth-order valence-corrected chi connectivity index (χ4v) is 3.58. The summed E-state index contributed by atoms with van der Waals surface area (Å²) in [6.07, 6.45) is -4.93. The van der Waals surface area contributed by atoms with Crippen molar-refractivity contribution in [2.24, 2.45) is 0 Å². The second-order valence-corrected chi connectivity index (χ2v) is 8.14. The van der Waals surface area contributed by atoms with Crippen LogP contribution in [-0.4, -0.2) is 20.1 Å². The van der Waals surface area contributed by atoms with Crippen LogP contribution in [0.2, 0.25) is 5.02 Å². The Balaban J connectivity index is 2.04. The molecule has 0 bridgehead atoms. The van der Waals surface area contributed by atoms with Gasteiger partial charge in [0.25, 0.3) is 0 Å². The quantitative estimate of drug-likeness (QED) is 0.798. The van der Waals surface area contributed by atoms with Gasteiger partial charge in [-0.3, -0.25) is 4.79 Å². The summed E-state index contributed by atoms with van der Waals surface area (Å²) >= 11 is 5.70. The fourth-order valence-electron chi connectivity index (χ4n) is 2.22. The first-order chi connectivity index (χ1) is 12.0. The maximum absolute atomic E-state index is 12.9. The number of halogens is 4. The summed E-state index contributed by atoms with van der Waals surface area (Å²) < 4.78 is 63.0. The van der Waals surface area contributed by atoms with Crippen LogP contribution in [-0.2, 0) is 20.8 Å². The number of carbonyl (C=O) groups excluding carboxylic acids is 1. The van der Waals surface area contributed by atoms with Crippen molar-refractivity contribution < 1.29 is 26.4 Å². The van der Waals surface area contributed by atoms with E-state index in [1.165, 1.54) is 43.3 Å². The molecule has 0 aliphatic carbocycles. The van der Waals surface area contributed by atoms with Gasteiger partial charge in [0.1, 0.15) is 0 Å². The molecule has 0 aliphatic heterocycles. The Morgan fingerprint density at radius 3 is 2.31 bits per heavy atom. The average molecular weight is 406 g/mol. The van der Waals surface area contributed by atoms with E-state index in [4.69, 9.17) is 11.6 Å². The van der Waals surface area contributed by atoms with Gasteiger partial charge in [0.2, 0.25) is 5.91 Å². The summed E-state index contributed by atoms with van der Waals surface area (Å²) in [5.74, 6) is -1.17. The predicted octanol–water partition coefficient (Wildman–Crippen LogP) is 4.47. The Morgan fingerprint density at radius 1 is 1.12 bits per heavy atom. The summed E-state index contributed by atoms with van der Waals surface area (Å²) in [5.41, 5.74) is -0.873. The molecular weight excluding hydrogens is 391 g/mol. The van der Waals surface area contributed by atoms with E-state index in [-0.39, 0.29) is 22.6 Å². The number of carbonyl (C=O) groups is 1. The van der Waals surface area contributed by atoms with Crippen LogP contribution in [0.1, 0.15) is 17.5 Å². The van der Waals surface area contributed by atoms with Crippen LogP contribution in [0.4, 0.5) is 18.9 Å². The van der Waals surface area contributed by atoms with Crippen LogP contribution >= 0.6 is 11.6 Å². The number of anilines is 1. The van der Waals surface area contributed by atoms with Crippen molar-refractivity contribution in [2.45, 2.75) is 24.4 Å². The number of sulfone groups is 1. The van der Waals surface area contributed by atoms with E-state index in [1.807, 2.05) is 0 Å². The van der Waals surface area contributed by atoms with Gasteiger partial charge in [-0.2, -0.15) is 13.2 Å². The lowest BCUT2D eigenvalue weighted by atomic mass is 10.1. The predicted molar refractivity (Wildman–Crippen MR) is 92.9 cm³/mol. The van der Waals surface area contributed by atoms with Crippen LogP contribution in [0.15, 0.2) is 47.4 Å². The molecule has 1 amide bonds. The summed E-state index contributed by atoms with van der Waals surface area (Å²) in [6, 6.07) is 8.87. The smallest absolute Gasteiger partial charge is 0.326 e. The maximum atomic E-state index is 12.9. The minimum Gasteiger partial charge on any atom is -0.326 e. The van der Waals surface area contributed by atoms with Gasteiger partial charge >= 0.3 is 6.18 Å². The van der Waals surface area contributed by atoms with E-state index >= 15 is 0 Å². The van der Waals surface area contributed by atoms with E-state index < -0.39 is 33.2 Å². The van der Waals surface area contributed by atoms with E-state index in [9.17, 15) is 26.4 Å². The zero-order chi connectivity index (χ0) is 19.5. The summed E-state index contributed by atoms with van der Waals surface area (Å²) in [7, 11) is -3.70. The highest BCUT2D eigenvalue weighted by molar-refractivity contribution is 7.91. The molecule has 4 nitrogen and oxygen atoms in total. The molecule has 0 aromatic heterocycles. The van der Waals surface area contributed by atoms with E-state index in [0.29, 0.717) is 5.02 Å². The van der Waals surface area contributed by atoms with Crippen molar-refractivity contribution in [3.8, 4) is 0 Å². The molecular formula is C17H15ClF3NO3S. The molecule has 0 saturated carbocycles. The molecule has 26 heavy (non-hydrogen) atoms. The Labute approximate surface area is 153 Å². The van der Waals surface area contributed by atoms with Gasteiger partial charge in [-0.1, -0.05) is 17.7 Å². The molecule has 0 radical (unpaired) electrons. The molecule has 0 spiro atoms. The molecule has 0 atom stereocenters. The molecule has 140 valence electrons. The topological polar surface area (TPSA) is 63.2 Å². The zero-order valence-electron chi connectivity index (χ0n) is 13.6. The number of hydrogen-bond acceptors (Lipinski definition) is 3. The van der Waals surface area contributed by atoms with E-state index in [0.717, 1.165) is 6.07 Å². The highest BCUT2D eigenvalue weighted by atomic mass is 35.5. The molecule has 0 heterocycles. The van der Waals surface area contributed by atoms with Crippen molar-refractivity contribution in [3.63, 3.8) is 0 Å². The summed E-state index contributed by atoms with van der Waals surface area (Å²) in [5, 5.41) is 2.67. The van der Waals surface area contributed by atoms with Gasteiger partial charge in [-0.15, -0.1) is 0 Å². The zero-order valence-corrected chi connectivity index (χ0v) is 15.2. The van der Waals surface area contributed by atoms with Gasteiger partial charge < -0.3 is 5.32 Å². The van der Waals surface area contributed by atoms with Crippen LogP contribution in [0.3, 0.4) is 0 Å². The molecule has 0 aliphatic rings. The Bertz CT molecular complexity index is 910. The summed E-state index contributed by atoms with van der Waals surface area (Å²) in [4.78, 5) is 11.9. The van der Waals surface area contributed by atoms with Crippen LogP contribution < -0.4 is 5.32 Å². The van der Waals surface area contributed by atoms with Gasteiger partial charge in [0.05, 0.1) is 16.2 Å².